The van der Waals surface area contributed by atoms with E-state index in [2.05, 4.69) is 11.5 Å². The summed E-state index contributed by atoms with van der Waals surface area (Å²) in [6.45, 7) is 6.02. The van der Waals surface area contributed by atoms with E-state index in [4.69, 9.17) is 5.11 Å². The van der Waals surface area contributed by atoms with Crippen molar-refractivity contribution in [1.82, 2.24) is 4.90 Å². The summed E-state index contributed by atoms with van der Waals surface area (Å²) in [6, 6.07) is 5.46. The number of fused-ring (bicyclic) bond motifs is 1. The fourth-order valence-electron chi connectivity index (χ4n) is 2.00. The summed E-state index contributed by atoms with van der Waals surface area (Å²) < 4.78 is 0. The lowest BCUT2D eigenvalue weighted by atomic mass is 10.0. The SMILES string of the molecule is C=CCN1Cc2cccc(C(=O)O)c2C1. The molecule has 0 fully saturated rings. The Kier molecular flexibility index (Phi) is 2.56. The third kappa shape index (κ3) is 1.78. The zero-order chi connectivity index (χ0) is 10.8. The van der Waals surface area contributed by atoms with E-state index in [-0.39, 0.29) is 0 Å². The molecule has 78 valence electrons. The Morgan fingerprint density at radius 2 is 2.33 bits per heavy atom. The summed E-state index contributed by atoms with van der Waals surface area (Å²) in [7, 11) is 0. The van der Waals surface area contributed by atoms with Gasteiger partial charge in [-0.1, -0.05) is 18.2 Å². The normalized spacial score (nSPS) is 14.9. The highest BCUT2D eigenvalue weighted by atomic mass is 16.4. The first-order chi connectivity index (χ1) is 7.22. The summed E-state index contributed by atoms with van der Waals surface area (Å²) in [5.41, 5.74) is 2.50. The first kappa shape index (κ1) is 9.93. The molecule has 0 atom stereocenters. The first-order valence-corrected chi connectivity index (χ1v) is 4.89. The Labute approximate surface area is 88.6 Å². The smallest absolute Gasteiger partial charge is 0.336 e. The number of carboxylic acid groups (broad SMARTS) is 1. The molecule has 1 heterocycles. The molecule has 0 spiro atoms. The summed E-state index contributed by atoms with van der Waals surface area (Å²) in [4.78, 5) is 13.2. The van der Waals surface area contributed by atoms with Crippen LogP contribution in [0.4, 0.5) is 0 Å². The molecule has 0 bridgehead atoms. The monoisotopic (exact) mass is 203 g/mol. The Bertz CT molecular complexity index is 412. The fraction of sp³-hybridized carbons (Fsp3) is 0.250. The van der Waals surface area contributed by atoms with Gasteiger partial charge in [-0.25, -0.2) is 4.79 Å². The van der Waals surface area contributed by atoms with Crippen LogP contribution in [0.1, 0.15) is 21.5 Å². The molecule has 0 radical (unpaired) electrons. The standard InChI is InChI=1S/C12H13NO2/c1-2-6-13-7-9-4-3-5-10(12(14)15)11(9)8-13/h2-5H,1,6-8H2,(H,14,15). The van der Waals surface area contributed by atoms with Gasteiger partial charge in [0.15, 0.2) is 0 Å². The summed E-state index contributed by atoms with van der Waals surface area (Å²) >= 11 is 0. The predicted octanol–water partition coefficient (Wildman–Crippen LogP) is 1.89. The number of hydrogen-bond acceptors (Lipinski definition) is 2. The molecule has 0 amide bonds. The highest BCUT2D eigenvalue weighted by Crippen LogP contribution is 2.25. The van der Waals surface area contributed by atoms with Crippen LogP contribution in [-0.4, -0.2) is 22.5 Å². The average molecular weight is 203 g/mol. The second-order valence-electron chi connectivity index (χ2n) is 3.71. The maximum absolute atomic E-state index is 11.0. The van der Waals surface area contributed by atoms with Crippen molar-refractivity contribution in [3.05, 3.63) is 47.5 Å². The van der Waals surface area contributed by atoms with Crippen LogP contribution >= 0.6 is 0 Å². The molecule has 0 aromatic heterocycles. The Morgan fingerprint density at radius 1 is 1.53 bits per heavy atom. The van der Waals surface area contributed by atoms with E-state index >= 15 is 0 Å². The number of rotatable bonds is 3. The molecule has 15 heavy (non-hydrogen) atoms. The molecule has 1 aromatic carbocycles. The summed E-state index contributed by atoms with van der Waals surface area (Å²) in [5.74, 6) is -0.840. The quantitative estimate of drug-likeness (QED) is 0.762. The lowest BCUT2D eigenvalue weighted by molar-refractivity contribution is 0.0695. The molecule has 0 aliphatic carbocycles. The second-order valence-corrected chi connectivity index (χ2v) is 3.71. The van der Waals surface area contributed by atoms with Crippen LogP contribution in [0.15, 0.2) is 30.9 Å². The minimum Gasteiger partial charge on any atom is -0.478 e. The van der Waals surface area contributed by atoms with Gasteiger partial charge in [0.1, 0.15) is 0 Å². The highest BCUT2D eigenvalue weighted by molar-refractivity contribution is 5.90. The molecular formula is C12H13NO2. The lowest BCUT2D eigenvalue weighted by Crippen LogP contribution is -2.16. The molecular weight excluding hydrogens is 190 g/mol. The molecule has 1 N–H and O–H groups in total. The highest BCUT2D eigenvalue weighted by Gasteiger charge is 2.22. The van der Waals surface area contributed by atoms with Gasteiger partial charge in [0.05, 0.1) is 5.56 Å². The number of benzene rings is 1. The van der Waals surface area contributed by atoms with Gasteiger partial charge in [-0.2, -0.15) is 0 Å². The van der Waals surface area contributed by atoms with E-state index in [1.54, 1.807) is 12.1 Å². The lowest BCUT2D eigenvalue weighted by Gasteiger charge is -2.10. The average Bonchev–Trinajstić information content (AvgIpc) is 2.59. The van der Waals surface area contributed by atoms with E-state index < -0.39 is 5.97 Å². The molecule has 1 aliphatic rings. The number of hydrogen-bond donors (Lipinski definition) is 1. The minimum absolute atomic E-state index is 0.430. The predicted molar refractivity (Wildman–Crippen MR) is 57.7 cm³/mol. The van der Waals surface area contributed by atoms with Crippen molar-refractivity contribution >= 4 is 5.97 Å². The summed E-state index contributed by atoms with van der Waals surface area (Å²) in [5, 5.41) is 9.03. The third-order valence-electron chi connectivity index (χ3n) is 2.67. The van der Waals surface area contributed by atoms with Gasteiger partial charge in [-0.15, -0.1) is 6.58 Å². The fourth-order valence-corrected chi connectivity index (χ4v) is 2.00. The van der Waals surface area contributed by atoms with Gasteiger partial charge < -0.3 is 5.11 Å². The zero-order valence-electron chi connectivity index (χ0n) is 8.44. The Morgan fingerprint density at radius 3 is 3.00 bits per heavy atom. The number of nitrogens with zero attached hydrogens (tertiary/aromatic N) is 1. The largest absolute Gasteiger partial charge is 0.478 e. The van der Waals surface area contributed by atoms with Crippen molar-refractivity contribution in [2.75, 3.05) is 6.54 Å². The van der Waals surface area contributed by atoms with Gasteiger partial charge >= 0.3 is 5.97 Å². The van der Waals surface area contributed by atoms with Crippen LogP contribution in [0.25, 0.3) is 0 Å². The van der Waals surface area contributed by atoms with Crippen molar-refractivity contribution in [2.24, 2.45) is 0 Å². The van der Waals surface area contributed by atoms with Crippen LogP contribution < -0.4 is 0 Å². The molecule has 0 saturated heterocycles. The molecule has 0 saturated carbocycles. The molecule has 3 heteroatoms. The van der Waals surface area contributed by atoms with Crippen LogP contribution in [0, 0.1) is 0 Å². The van der Waals surface area contributed by atoms with Crippen molar-refractivity contribution in [1.29, 1.82) is 0 Å². The first-order valence-electron chi connectivity index (χ1n) is 4.89. The summed E-state index contributed by atoms with van der Waals surface area (Å²) in [6.07, 6.45) is 1.84. The van der Waals surface area contributed by atoms with E-state index in [1.807, 2.05) is 12.1 Å². The van der Waals surface area contributed by atoms with E-state index in [9.17, 15) is 4.79 Å². The van der Waals surface area contributed by atoms with Gasteiger partial charge in [0.25, 0.3) is 0 Å². The van der Waals surface area contributed by atoms with Crippen molar-refractivity contribution in [3.63, 3.8) is 0 Å². The number of aromatic carboxylic acids is 1. The number of carboxylic acids is 1. The van der Waals surface area contributed by atoms with E-state index in [0.717, 1.165) is 24.2 Å². The van der Waals surface area contributed by atoms with Crippen LogP contribution in [-0.2, 0) is 13.1 Å². The van der Waals surface area contributed by atoms with Gasteiger partial charge in [0.2, 0.25) is 0 Å². The van der Waals surface area contributed by atoms with Gasteiger partial charge in [0, 0.05) is 19.6 Å². The second kappa shape index (κ2) is 3.87. The van der Waals surface area contributed by atoms with Crippen molar-refractivity contribution < 1.29 is 9.90 Å². The Balaban J connectivity index is 2.33. The van der Waals surface area contributed by atoms with Crippen molar-refractivity contribution in [3.8, 4) is 0 Å². The van der Waals surface area contributed by atoms with Crippen LogP contribution in [0.5, 0.6) is 0 Å². The maximum atomic E-state index is 11.0. The van der Waals surface area contributed by atoms with Crippen LogP contribution in [0.2, 0.25) is 0 Å². The van der Waals surface area contributed by atoms with Crippen LogP contribution in [0.3, 0.4) is 0 Å². The minimum atomic E-state index is -0.840. The van der Waals surface area contributed by atoms with Crippen molar-refractivity contribution in [2.45, 2.75) is 13.1 Å². The van der Waals surface area contributed by atoms with Gasteiger partial charge in [-0.05, 0) is 17.2 Å². The van der Waals surface area contributed by atoms with Gasteiger partial charge in [-0.3, -0.25) is 4.90 Å². The molecule has 2 rings (SSSR count). The van der Waals surface area contributed by atoms with E-state index in [1.165, 1.54) is 0 Å². The molecule has 0 unspecified atom stereocenters. The topological polar surface area (TPSA) is 40.5 Å². The third-order valence-corrected chi connectivity index (χ3v) is 2.67. The molecule has 1 aliphatic heterocycles. The molecule has 3 nitrogen and oxygen atoms in total. The Hall–Kier alpha value is -1.61. The maximum Gasteiger partial charge on any atom is 0.336 e. The number of carbonyl (C=O) groups is 1. The molecule has 1 aromatic rings. The zero-order valence-corrected chi connectivity index (χ0v) is 8.44. The van der Waals surface area contributed by atoms with E-state index in [0.29, 0.717) is 12.1 Å².